The smallest absolute Gasteiger partial charge is 0.390 e. The predicted octanol–water partition coefficient (Wildman–Crippen LogP) is 1.70. The topological polar surface area (TPSA) is 67.3 Å². The molecule has 6 nitrogen and oxygen atoms in total. The number of hydrogen-bond donors (Lipinski definition) is 1. The first-order chi connectivity index (χ1) is 10.7. The second-order valence-corrected chi connectivity index (χ2v) is 5.63. The SMILES string of the molecule is O=C(Oc1ncnc2c(F)cccc12)N1C2CCC1CNC2. The van der Waals surface area contributed by atoms with Gasteiger partial charge in [0.25, 0.3) is 0 Å². The third-order valence-corrected chi connectivity index (χ3v) is 4.35. The number of aromatic nitrogens is 2. The Morgan fingerprint density at radius 1 is 1.27 bits per heavy atom. The van der Waals surface area contributed by atoms with Gasteiger partial charge in [-0.1, -0.05) is 6.07 Å². The van der Waals surface area contributed by atoms with Crippen molar-refractivity contribution in [3.05, 3.63) is 30.3 Å². The third kappa shape index (κ3) is 2.09. The van der Waals surface area contributed by atoms with E-state index in [1.54, 1.807) is 17.0 Å². The van der Waals surface area contributed by atoms with Crippen LogP contribution < -0.4 is 10.1 Å². The first-order valence-corrected chi connectivity index (χ1v) is 7.34. The summed E-state index contributed by atoms with van der Waals surface area (Å²) in [5.74, 6) is -0.355. The molecule has 2 unspecified atom stereocenters. The van der Waals surface area contributed by atoms with Crippen LogP contribution in [0.25, 0.3) is 10.9 Å². The summed E-state index contributed by atoms with van der Waals surface area (Å²) in [5, 5.41) is 3.71. The van der Waals surface area contributed by atoms with Crippen molar-refractivity contribution < 1.29 is 13.9 Å². The number of nitrogens with one attached hydrogen (secondary N) is 1. The molecule has 22 heavy (non-hydrogen) atoms. The number of nitrogens with zero attached hydrogens (tertiary/aromatic N) is 3. The van der Waals surface area contributed by atoms with Gasteiger partial charge in [0.15, 0.2) is 0 Å². The van der Waals surface area contributed by atoms with Crippen LogP contribution in [0.5, 0.6) is 5.88 Å². The van der Waals surface area contributed by atoms with Crippen molar-refractivity contribution in [1.29, 1.82) is 0 Å². The van der Waals surface area contributed by atoms with Gasteiger partial charge >= 0.3 is 6.09 Å². The fourth-order valence-electron chi connectivity index (χ4n) is 3.32. The highest BCUT2D eigenvalue weighted by atomic mass is 19.1. The van der Waals surface area contributed by atoms with E-state index in [2.05, 4.69) is 15.3 Å². The fraction of sp³-hybridized carbons (Fsp3) is 0.400. The number of para-hydroxylation sites is 1. The monoisotopic (exact) mass is 302 g/mol. The van der Waals surface area contributed by atoms with Crippen molar-refractivity contribution in [3.8, 4) is 5.88 Å². The molecule has 4 rings (SSSR count). The van der Waals surface area contributed by atoms with Crippen molar-refractivity contribution in [3.63, 3.8) is 0 Å². The molecule has 0 spiro atoms. The van der Waals surface area contributed by atoms with Gasteiger partial charge in [-0.25, -0.2) is 19.2 Å². The second-order valence-electron chi connectivity index (χ2n) is 5.63. The molecule has 7 heteroatoms. The van der Waals surface area contributed by atoms with Crippen molar-refractivity contribution in [1.82, 2.24) is 20.2 Å². The minimum absolute atomic E-state index is 0.104. The molecule has 2 aromatic rings. The van der Waals surface area contributed by atoms with Crippen molar-refractivity contribution in [2.45, 2.75) is 24.9 Å². The Morgan fingerprint density at radius 2 is 2.05 bits per heavy atom. The Hall–Kier alpha value is -2.28. The molecule has 2 aliphatic heterocycles. The van der Waals surface area contributed by atoms with E-state index in [1.165, 1.54) is 12.4 Å². The number of benzene rings is 1. The molecular formula is C15H15FN4O2. The highest BCUT2D eigenvalue weighted by molar-refractivity contribution is 5.86. The molecule has 1 aromatic heterocycles. The van der Waals surface area contributed by atoms with Crippen LogP contribution in [-0.4, -0.2) is 46.1 Å². The van der Waals surface area contributed by atoms with E-state index >= 15 is 0 Å². The van der Waals surface area contributed by atoms with Crippen molar-refractivity contribution in [2.24, 2.45) is 0 Å². The lowest BCUT2D eigenvalue weighted by molar-refractivity contribution is 0.114. The Labute approximate surface area is 126 Å². The summed E-state index contributed by atoms with van der Waals surface area (Å²) < 4.78 is 19.2. The molecule has 114 valence electrons. The van der Waals surface area contributed by atoms with Crippen LogP contribution in [0.4, 0.5) is 9.18 Å². The number of fused-ring (bicyclic) bond motifs is 3. The first kappa shape index (κ1) is 13.4. The van der Waals surface area contributed by atoms with E-state index in [-0.39, 0.29) is 23.5 Å². The number of piperazine rings is 1. The molecule has 0 saturated carbocycles. The molecule has 3 heterocycles. The van der Waals surface area contributed by atoms with Crippen molar-refractivity contribution >= 4 is 17.0 Å². The van der Waals surface area contributed by atoms with Crippen molar-refractivity contribution in [2.75, 3.05) is 13.1 Å². The predicted molar refractivity (Wildman–Crippen MR) is 77.0 cm³/mol. The Balaban J connectivity index is 1.64. The second kappa shape index (κ2) is 5.17. The Morgan fingerprint density at radius 3 is 2.82 bits per heavy atom. The minimum atomic E-state index is -0.459. The van der Waals surface area contributed by atoms with Crippen LogP contribution in [0.2, 0.25) is 0 Å². The Kier molecular flexibility index (Phi) is 3.15. The van der Waals surface area contributed by atoms with E-state index in [0.717, 1.165) is 25.9 Å². The van der Waals surface area contributed by atoms with Crippen LogP contribution >= 0.6 is 0 Å². The van der Waals surface area contributed by atoms with Crippen LogP contribution in [-0.2, 0) is 0 Å². The minimum Gasteiger partial charge on any atom is -0.390 e. The van der Waals surface area contributed by atoms with E-state index in [0.29, 0.717) is 5.39 Å². The highest BCUT2D eigenvalue weighted by Crippen LogP contribution is 2.29. The van der Waals surface area contributed by atoms with Gasteiger partial charge in [0.1, 0.15) is 17.7 Å². The molecule has 0 radical (unpaired) electrons. The maximum atomic E-state index is 13.7. The molecule has 0 aliphatic carbocycles. The van der Waals surface area contributed by atoms with E-state index in [4.69, 9.17) is 4.74 Å². The zero-order chi connectivity index (χ0) is 15.1. The molecule has 2 atom stereocenters. The number of carbonyl (C=O) groups excluding carboxylic acids is 1. The van der Waals surface area contributed by atoms with E-state index in [9.17, 15) is 9.18 Å². The summed E-state index contributed by atoms with van der Waals surface area (Å²) in [4.78, 5) is 22.2. The molecule has 1 amide bonds. The molecule has 2 bridgehead atoms. The lowest BCUT2D eigenvalue weighted by atomic mass is 10.2. The molecule has 1 N–H and O–H groups in total. The van der Waals surface area contributed by atoms with Gasteiger partial charge in [-0.2, -0.15) is 0 Å². The van der Waals surface area contributed by atoms with Gasteiger partial charge in [-0.05, 0) is 25.0 Å². The normalized spacial score (nSPS) is 23.8. The van der Waals surface area contributed by atoms with Gasteiger partial charge in [0.2, 0.25) is 5.88 Å². The van der Waals surface area contributed by atoms with Crippen LogP contribution in [0.15, 0.2) is 24.5 Å². The maximum absolute atomic E-state index is 13.7. The zero-order valence-electron chi connectivity index (χ0n) is 11.8. The number of carbonyl (C=O) groups is 1. The first-order valence-electron chi connectivity index (χ1n) is 7.34. The summed E-state index contributed by atoms with van der Waals surface area (Å²) in [6.07, 6.45) is 2.75. The Bertz CT molecular complexity index is 723. The number of ether oxygens (including phenoxy) is 1. The van der Waals surface area contributed by atoms with Gasteiger partial charge in [-0.3, -0.25) is 4.90 Å². The third-order valence-electron chi connectivity index (χ3n) is 4.35. The average Bonchev–Trinajstić information content (AvgIpc) is 2.78. The summed E-state index contributed by atoms with van der Waals surface area (Å²) in [5.41, 5.74) is 0.156. The zero-order valence-corrected chi connectivity index (χ0v) is 11.8. The van der Waals surface area contributed by atoms with Gasteiger partial charge < -0.3 is 10.1 Å². The highest BCUT2D eigenvalue weighted by Gasteiger charge is 2.40. The molecule has 1 aromatic carbocycles. The van der Waals surface area contributed by atoms with Crippen LogP contribution in [0.1, 0.15) is 12.8 Å². The maximum Gasteiger partial charge on any atom is 0.417 e. The van der Waals surface area contributed by atoms with Gasteiger partial charge in [0.05, 0.1) is 5.39 Å². The van der Waals surface area contributed by atoms with Crippen LogP contribution in [0.3, 0.4) is 0 Å². The molecule has 2 saturated heterocycles. The standard InChI is InChI=1S/C15H15FN4O2/c16-12-3-1-2-11-13(12)18-8-19-14(11)22-15(21)20-9-4-5-10(20)7-17-6-9/h1-3,8-10,17H,4-7H2. The summed E-state index contributed by atoms with van der Waals surface area (Å²) in [6, 6.07) is 4.84. The lowest BCUT2D eigenvalue weighted by Gasteiger charge is -2.34. The summed E-state index contributed by atoms with van der Waals surface area (Å²) in [6.45, 7) is 1.56. The van der Waals surface area contributed by atoms with E-state index in [1.807, 2.05) is 0 Å². The number of rotatable bonds is 1. The largest absolute Gasteiger partial charge is 0.417 e. The molecule has 2 fully saturated rings. The number of hydrogen-bond acceptors (Lipinski definition) is 5. The number of halogens is 1. The quantitative estimate of drug-likeness (QED) is 0.868. The van der Waals surface area contributed by atoms with Crippen LogP contribution in [0, 0.1) is 5.82 Å². The number of amides is 1. The fourth-order valence-corrected chi connectivity index (χ4v) is 3.32. The van der Waals surface area contributed by atoms with E-state index < -0.39 is 11.9 Å². The molecular weight excluding hydrogens is 287 g/mol. The summed E-state index contributed by atoms with van der Waals surface area (Å²) >= 11 is 0. The van der Waals surface area contributed by atoms with Gasteiger partial charge in [0, 0.05) is 25.2 Å². The van der Waals surface area contributed by atoms with Gasteiger partial charge in [-0.15, -0.1) is 0 Å². The molecule has 2 aliphatic rings. The lowest BCUT2D eigenvalue weighted by Crippen LogP contribution is -2.55. The summed E-state index contributed by atoms with van der Waals surface area (Å²) in [7, 11) is 0. The average molecular weight is 302 g/mol.